The number of carbonyl (C=O) groups is 1. The van der Waals surface area contributed by atoms with Crippen molar-refractivity contribution >= 4 is 5.97 Å². The molecule has 2 rings (SSSR count). The zero-order valence-electron chi connectivity index (χ0n) is 12.7. The topological polar surface area (TPSA) is 131 Å². The third kappa shape index (κ3) is 4.06. The van der Waals surface area contributed by atoms with E-state index < -0.39 is 35.7 Å². The third-order valence-electron chi connectivity index (χ3n) is 3.64. The van der Waals surface area contributed by atoms with E-state index >= 15 is 0 Å². The summed E-state index contributed by atoms with van der Waals surface area (Å²) in [5.74, 6) is -0.433. The number of hydrogen-bond acceptors (Lipinski definition) is 7. The van der Waals surface area contributed by atoms with Crippen LogP contribution in [0.1, 0.15) is 31.6 Å². The number of aliphatic hydroxyl groups excluding tert-OH is 2. The van der Waals surface area contributed by atoms with Gasteiger partial charge in [-0.15, -0.1) is 0 Å². The first-order valence-corrected chi connectivity index (χ1v) is 7.40. The van der Waals surface area contributed by atoms with E-state index in [4.69, 9.17) is 14.6 Å². The van der Waals surface area contributed by atoms with Gasteiger partial charge in [0.15, 0.2) is 0 Å². The molecular formula is C14H20N2O7. The molecule has 9 nitrogen and oxygen atoms in total. The molecule has 1 fully saturated rings. The summed E-state index contributed by atoms with van der Waals surface area (Å²) in [6, 6.07) is 0. The number of esters is 1. The Morgan fingerprint density at radius 1 is 1.52 bits per heavy atom. The average Bonchev–Trinajstić information content (AvgIpc) is 2.87. The standard InChI is InChI=1S/C14H20N2O7/c1-2-22-12(19)4-3-8-6-16(14(21)15-13(8)20)11-5-9(18)10(7-17)23-11/h6,9-11,17-18H,2-5,7H2,1H3,(H,15,20,21)/t9?,10-,11+/m1/s1. The van der Waals surface area contributed by atoms with Gasteiger partial charge < -0.3 is 19.7 Å². The highest BCUT2D eigenvalue weighted by Crippen LogP contribution is 2.27. The lowest BCUT2D eigenvalue weighted by Gasteiger charge is -2.15. The van der Waals surface area contributed by atoms with Gasteiger partial charge in [0.1, 0.15) is 12.3 Å². The summed E-state index contributed by atoms with van der Waals surface area (Å²) in [6.07, 6.45) is -0.886. The van der Waals surface area contributed by atoms with Crippen LogP contribution in [0.4, 0.5) is 0 Å². The van der Waals surface area contributed by atoms with Crippen molar-refractivity contribution in [2.24, 2.45) is 0 Å². The van der Waals surface area contributed by atoms with Crippen molar-refractivity contribution in [1.29, 1.82) is 0 Å². The highest BCUT2D eigenvalue weighted by molar-refractivity contribution is 5.69. The van der Waals surface area contributed by atoms with Crippen LogP contribution in [0.25, 0.3) is 0 Å². The molecule has 1 unspecified atom stereocenters. The Bertz CT molecular complexity index is 666. The fraction of sp³-hybridized carbons (Fsp3) is 0.643. The number of carbonyl (C=O) groups excluding carboxylic acids is 1. The molecule has 1 aliphatic rings. The lowest BCUT2D eigenvalue weighted by atomic mass is 10.1. The number of hydrogen-bond donors (Lipinski definition) is 3. The molecule has 23 heavy (non-hydrogen) atoms. The SMILES string of the molecule is CCOC(=O)CCc1cn([C@@H]2CC(O)[C@@H](CO)O2)c(=O)[nH]c1=O. The molecule has 0 amide bonds. The maximum atomic E-state index is 11.9. The minimum absolute atomic E-state index is 0.0164. The number of aromatic nitrogens is 2. The highest BCUT2D eigenvalue weighted by Gasteiger charge is 2.35. The Balaban J connectivity index is 2.18. The summed E-state index contributed by atoms with van der Waals surface area (Å²) in [4.78, 5) is 37.3. The van der Waals surface area contributed by atoms with Crippen LogP contribution >= 0.6 is 0 Å². The summed E-state index contributed by atoms with van der Waals surface area (Å²) in [7, 11) is 0. The molecule has 1 aromatic heterocycles. The second-order valence-corrected chi connectivity index (χ2v) is 5.24. The number of rotatable bonds is 6. The van der Waals surface area contributed by atoms with Crippen LogP contribution < -0.4 is 11.2 Å². The summed E-state index contributed by atoms with van der Waals surface area (Å²) in [6.45, 7) is 1.57. The second kappa shape index (κ2) is 7.53. The second-order valence-electron chi connectivity index (χ2n) is 5.24. The van der Waals surface area contributed by atoms with Crippen LogP contribution in [0.5, 0.6) is 0 Å². The molecule has 0 saturated carbocycles. The quantitative estimate of drug-likeness (QED) is 0.552. The first-order valence-electron chi connectivity index (χ1n) is 7.40. The molecular weight excluding hydrogens is 308 g/mol. The minimum Gasteiger partial charge on any atom is -0.466 e. The molecule has 0 aliphatic carbocycles. The molecule has 0 radical (unpaired) electrons. The summed E-state index contributed by atoms with van der Waals surface area (Å²) in [5, 5.41) is 18.8. The summed E-state index contributed by atoms with van der Waals surface area (Å²) in [5.41, 5.74) is -1.01. The molecule has 3 N–H and O–H groups in total. The first kappa shape index (κ1) is 17.4. The van der Waals surface area contributed by atoms with Crippen molar-refractivity contribution in [3.05, 3.63) is 32.6 Å². The Kier molecular flexibility index (Phi) is 5.69. The number of aliphatic hydroxyl groups is 2. The van der Waals surface area contributed by atoms with E-state index in [0.29, 0.717) is 0 Å². The van der Waals surface area contributed by atoms with Gasteiger partial charge in [0.25, 0.3) is 5.56 Å². The maximum absolute atomic E-state index is 11.9. The Labute approximate surface area is 131 Å². The number of H-pyrrole nitrogens is 1. The van der Waals surface area contributed by atoms with Crippen molar-refractivity contribution in [1.82, 2.24) is 9.55 Å². The van der Waals surface area contributed by atoms with Gasteiger partial charge >= 0.3 is 11.7 Å². The zero-order chi connectivity index (χ0) is 17.0. The van der Waals surface area contributed by atoms with Gasteiger partial charge in [-0.3, -0.25) is 19.1 Å². The molecule has 1 saturated heterocycles. The van der Waals surface area contributed by atoms with Crippen LogP contribution in [0, 0.1) is 0 Å². The van der Waals surface area contributed by atoms with Gasteiger partial charge in [0.05, 0.1) is 19.3 Å². The van der Waals surface area contributed by atoms with Gasteiger partial charge in [-0.2, -0.15) is 0 Å². The van der Waals surface area contributed by atoms with E-state index in [-0.39, 0.29) is 38.0 Å². The van der Waals surface area contributed by atoms with Gasteiger partial charge in [0.2, 0.25) is 0 Å². The molecule has 1 aromatic rings. The lowest BCUT2D eigenvalue weighted by Crippen LogP contribution is -2.34. The predicted octanol–water partition coefficient (Wildman–Crippen LogP) is -1.33. The third-order valence-corrected chi connectivity index (χ3v) is 3.64. The van der Waals surface area contributed by atoms with E-state index in [2.05, 4.69) is 4.98 Å². The van der Waals surface area contributed by atoms with Crippen LogP contribution in [0.2, 0.25) is 0 Å². The molecule has 0 aromatic carbocycles. The average molecular weight is 328 g/mol. The van der Waals surface area contributed by atoms with Crippen molar-refractivity contribution in [3.8, 4) is 0 Å². The fourth-order valence-corrected chi connectivity index (χ4v) is 2.44. The Hall–Kier alpha value is -1.97. The Morgan fingerprint density at radius 3 is 2.87 bits per heavy atom. The van der Waals surface area contributed by atoms with Gasteiger partial charge in [-0.1, -0.05) is 0 Å². The van der Waals surface area contributed by atoms with Crippen LogP contribution in [0.15, 0.2) is 15.8 Å². The number of ether oxygens (including phenoxy) is 2. The smallest absolute Gasteiger partial charge is 0.330 e. The molecule has 1 aliphatic heterocycles. The normalized spacial score (nSPS) is 23.9. The predicted molar refractivity (Wildman–Crippen MR) is 77.9 cm³/mol. The van der Waals surface area contributed by atoms with Crippen LogP contribution in [-0.2, 0) is 20.7 Å². The van der Waals surface area contributed by atoms with Gasteiger partial charge in [-0.25, -0.2) is 4.79 Å². The van der Waals surface area contributed by atoms with Crippen molar-refractivity contribution in [2.75, 3.05) is 13.2 Å². The minimum atomic E-state index is -0.896. The number of aryl methyl sites for hydroxylation is 1. The molecule has 3 atom stereocenters. The maximum Gasteiger partial charge on any atom is 0.330 e. The monoisotopic (exact) mass is 328 g/mol. The number of aromatic amines is 1. The molecule has 0 bridgehead atoms. The summed E-state index contributed by atoms with van der Waals surface area (Å²) < 4.78 is 11.3. The molecule has 9 heteroatoms. The van der Waals surface area contributed by atoms with E-state index in [1.54, 1.807) is 6.92 Å². The largest absolute Gasteiger partial charge is 0.466 e. The fourth-order valence-electron chi connectivity index (χ4n) is 2.44. The van der Waals surface area contributed by atoms with Crippen molar-refractivity contribution < 1.29 is 24.5 Å². The van der Waals surface area contributed by atoms with Crippen LogP contribution in [0.3, 0.4) is 0 Å². The van der Waals surface area contributed by atoms with E-state index in [9.17, 15) is 19.5 Å². The Morgan fingerprint density at radius 2 is 2.26 bits per heavy atom. The lowest BCUT2D eigenvalue weighted by molar-refractivity contribution is -0.143. The van der Waals surface area contributed by atoms with Crippen molar-refractivity contribution in [3.63, 3.8) is 0 Å². The van der Waals surface area contributed by atoms with Crippen molar-refractivity contribution in [2.45, 2.75) is 44.6 Å². The van der Waals surface area contributed by atoms with E-state index in [0.717, 1.165) is 4.57 Å². The molecule has 2 heterocycles. The van der Waals surface area contributed by atoms with Gasteiger partial charge in [0, 0.05) is 24.6 Å². The summed E-state index contributed by atoms with van der Waals surface area (Å²) >= 11 is 0. The van der Waals surface area contributed by atoms with E-state index in [1.165, 1.54) is 6.20 Å². The molecule has 128 valence electrons. The van der Waals surface area contributed by atoms with Crippen LogP contribution in [-0.4, -0.2) is 51.2 Å². The zero-order valence-corrected chi connectivity index (χ0v) is 12.7. The number of nitrogens with one attached hydrogen (secondary N) is 1. The first-order chi connectivity index (χ1) is 11.0. The number of nitrogens with zero attached hydrogens (tertiary/aromatic N) is 1. The highest BCUT2D eigenvalue weighted by atomic mass is 16.5. The van der Waals surface area contributed by atoms with E-state index in [1.807, 2.05) is 0 Å². The van der Waals surface area contributed by atoms with Gasteiger partial charge in [-0.05, 0) is 13.3 Å². The molecule has 0 spiro atoms.